The number of unbranched alkanes of at least 4 members (excludes halogenated alkanes) is 3. The van der Waals surface area contributed by atoms with E-state index >= 15 is 0 Å². The summed E-state index contributed by atoms with van der Waals surface area (Å²) in [5.41, 5.74) is 7.71. The number of ether oxygens (including phenoxy) is 1. The van der Waals surface area contributed by atoms with Crippen molar-refractivity contribution >= 4 is 45.9 Å². The summed E-state index contributed by atoms with van der Waals surface area (Å²) >= 11 is 1.58. The normalized spacial score (nSPS) is 17.2. The monoisotopic (exact) mass is 874 g/mol. The highest BCUT2D eigenvalue weighted by Gasteiger charge is 2.44. The van der Waals surface area contributed by atoms with Crippen molar-refractivity contribution in [2.24, 2.45) is 5.41 Å². The van der Waals surface area contributed by atoms with Crippen molar-refractivity contribution < 1.29 is 34.1 Å². The van der Waals surface area contributed by atoms with Crippen LogP contribution in [0.4, 0.5) is 0 Å². The van der Waals surface area contributed by atoms with Crippen LogP contribution in [0, 0.1) is 12.3 Å². The number of carboxylic acids is 1. The summed E-state index contributed by atoms with van der Waals surface area (Å²) in [5, 5.41) is 27.2. The quantitative estimate of drug-likeness (QED) is 0.0664. The predicted octanol–water partition coefficient (Wildman–Crippen LogP) is 8.22. The molecule has 1 aliphatic carbocycles. The number of fused-ring (bicyclic) bond motifs is 1. The summed E-state index contributed by atoms with van der Waals surface area (Å²) in [6, 6.07) is 17.4. The summed E-state index contributed by atoms with van der Waals surface area (Å²) in [5.74, 6) is -0.932. The van der Waals surface area contributed by atoms with E-state index in [4.69, 9.17) is 4.74 Å². The van der Waals surface area contributed by atoms with Crippen molar-refractivity contribution in [3.05, 3.63) is 94.9 Å². The summed E-state index contributed by atoms with van der Waals surface area (Å²) in [4.78, 5) is 68.6. The van der Waals surface area contributed by atoms with Crippen molar-refractivity contribution in [2.45, 2.75) is 123 Å². The maximum absolute atomic E-state index is 14.0. The van der Waals surface area contributed by atoms with E-state index < -0.39 is 29.6 Å². The van der Waals surface area contributed by atoms with Gasteiger partial charge in [0.2, 0.25) is 17.7 Å². The number of nitrogens with one attached hydrogen (secondary N) is 2. The van der Waals surface area contributed by atoms with Gasteiger partial charge in [0, 0.05) is 42.9 Å². The molecule has 3 amide bonds. The lowest BCUT2D eigenvalue weighted by Gasteiger charge is -2.35. The number of aryl methyl sites for hydroxylation is 1. The molecule has 1 aliphatic heterocycles. The predicted molar refractivity (Wildman–Crippen MR) is 243 cm³/mol. The number of aliphatic hydroxyl groups is 1. The average molecular weight is 875 g/mol. The number of rotatable bonds is 17. The molecule has 13 nitrogen and oxygen atoms in total. The Labute approximate surface area is 372 Å². The number of hydrogen-bond donors (Lipinski definition) is 4. The molecule has 3 aromatic carbocycles. The number of aliphatic hydroxyl groups excluding tert-OH is 1. The van der Waals surface area contributed by atoms with Gasteiger partial charge in [-0.2, -0.15) is 0 Å². The zero-order chi connectivity index (χ0) is 44.7. The van der Waals surface area contributed by atoms with Crippen LogP contribution in [0.5, 0.6) is 5.75 Å². The Kier molecular flexibility index (Phi) is 14.5. The third kappa shape index (κ3) is 11.1. The minimum absolute atomic E-state index is 0.0178. The number of aromatic carboxylic acids is 1. The summed E-state index contributed by atoms with van der Waals surface area (Å²) in [6.07, 6.45) is 8.34. The lowest BCUT2D eigenvalue weighted by Crippen LogP contribution is -2.57. The van der Waals surface area contributed by atoms with Crippen LogP contribution in [0.2, 0.25) is 0 Å². The number of nitrogens with zero attached hydrogens (tertiary/aromatic N) is 4. The van der Waals surface area contributed by atoms with Crippen LogP contribution < -0.4 is 15.4 Å². The van der Waals surface area contributed by atoms with E-state index in [0.29, 0.717) is 24.3 Å². The fourth-order valence-corrected chi connectivity index (χ4v) is 9.59. The molecule has 0 spiro atoms. The van der Waals surface area contributed by atoms with Gasteiger partial charge in [0.1, 0.15) is 24.2 Å². The van der Waals surface area contributed by atoms with Crippen LogP contribution in [-0.2, 0) is 20.9 Å². The molecule has 0 radical (unpaired) electrons. The molecule has 2 aliphatic rings. The SMILES string of the molecule is Cc1ncsc1-c1ccc(CNC(=O)[C@@H]2C[C@@H](O)CN2C(=O)[C@@H](NC(=O)CCCCCCOc2ccc3c(-c4ccc(C(=O)O)c(C5CCCC5)c4)ncnc3c2)C(C)(C)C)cc1. The van der Waals surface area contributed by atoms with Gasteiger partial charge in [-0.15, -0.1) is 11.3 Å². The second kappa shape index (κ2) is 20.2. The van der Waals surface area contributed by atoms with Crippen LogP contribution in [0.25, 0.3) is 32.6 Å². The Bertz CT molecular complexity index is 2420. The van der Waals surface area contributed by atoms with Crippen LogP contribution in [-0.4, -0.2) is 85.1 Å². The molecular formula is C49H58N6O7S. The number of likely N-dealkylation sites (tertiary alicyclic amines) is 1. The van der Waals surface area contributed by atoms with Gasteiger partial charge >= 0.3 is 5.97 Å². The van der Waals surface area contributed by atoms with E-state index in [1.54, 1.807) is 17.4 Å². The number of β-amino-alcohol motifs (C(OH)–C–C–N with tert-alkyl or cyclic N) is 1. The highest BCUT2D eigenvalue weighted by atomic mass is 32.1. The number of carbonyl (C=O) groups excluding carboxylic acids is 3. The van der Waals surface area contributed by atoms with Crippen molar-refractivity contribution in [1.82, 2.24) is 30.5 Å². The third-order valence-corrected chi connectivity index (χ3v) is 13.2. The second-order valence-corrected chi connectivity index (χ2v) is 18.8. The van der Waals surface area contributed by atoms with Gasteiger partial charge in [-0.1, -0.05) is 76.8 Å². The summed E-state index contributed by atoms with van der Waals surface area (Å²) < 4.78 is 6.08. The first kappa shape index (κ1) is 45.3. The largest absolute Gasteiger partial charge is 0.494 e. The Morgan fingerprint density at radius 2 is 1.67 bits per heavy atom. The standard InChI is InChI=1S/C49H58N6O7S/c1-30-44(63-29-53-30)33-16-14-31(15-17-33)26-50-46(58)41-24-35(56)27-55(41)47(59)45(49(2,3)4)54-42(57)13-7-5-6-10-22-62-36-19-21-38-40(25-36)51-28-52-43(38)34-18-20-37(48(60)61)39(23-34)32-11-8-9-12-32/h14-21,23,25,28-29,32,35,41,45,56H,5-13,22,24,26-27H2,1-4H3,(H,50,58)(H,54,57)(H,60,61)/t35-,41+,45-/m1/s1. The van der Waals surface area contributed by atoms with E-state index in [2.05, 4.69) is 25.6 Å². The first-order chi connectivity index (χ1) is 30.3. The lowest BCUT2D eigenvalue weighted by atomic mass is 9.85. The first-order valence-electron chi connectivity index (χ1n) is 22.1. The highest BCUT2D eigenvalue weighted by molar-refractivity contribution is 7.13. The summed E-state index contributed by atoms with van der Waals surface area (Å²) in [6.45, 7) is 8.40. The number of aromatic nitrogens is 3. The molecule has 1 saturated carbocycles. The molecule has 5 aromatic rings. The number of benzene rings is 3. The molecule has 3 heterocycles. The molecule has 7 rings (SSSR count). The second-order valence-electron chi connectivity index (χ2n) is 17.9. The van der Waals surface area contributed by atoms with E-state index in [9.17, 15) is 29.4 Å². The molecule has 2 fully saturated rings. The van der Waals surface area contributed by atoms with E-state index in [0.717, 1.165) is 94.4 Å². The van der Waals surface area contributed by atoms with Gasteiger partial charge < -0.3 is 30.5 Å². The zero-order valence-corrected chi connectivity index (χ0v) is 37.4. The van der Waals surface area contributed by atoms with Crippen molar-refractivity contribution in [2.75, 3.05) is 13.2 Å². The molecule has 332 valence electrons. The summed E-state index contributed by atoms with van der Waals surface area (Å²) in [7, 11) is 0. The lowest BCUT2D eigenvalue weighted by molar-refractivity contribution is -0.144. The topological polar surface area (TPSA) is 184 Å². The molecule has 0 bridgehead atoms. The smallest absolute Gasteiger partial charge is 0.335 e. The fraction of sp³-hybridized carbons (Fsp3) is 0.449. The van der Waals surface area contributed by atoms with Crippen LogP contribution in [0.15, 0.2) is 72.5 Å². The van der Waals surface area contributed by atoms with Crippen molar-refractivity contribution in [3.8, 4) is 27.4 Å². The molecular weight excluding hydrogens is 817 g/mol. The van der Waals surface area contributed by atoms with Gasteiger partial charge in [-0.3, -0.25) is 14.4 Å². The van der Waals surface area contributed by atoms with E-state index in [-0.39, 0.29) is 49.6 Å². The fourth-order valence-electron chi connectivity index (χ4n) is 8.78. The Morgan fingerprint density at radius 3 is 2.38 bits per heavy atom. The van der Waals surface area contributed by atoms with Crippen LogP contribution >= 0.6 is 11.3 Å². The van der Waals surface area contributed by atoms with Gasteiger partial charge in [0.25, 0.3) is 0 Å². The van der Waals surface area contributed by atoms with Gasteiger partial charge in [0.15, 0.2) is 0 Å². The number of carboxylic acid groups (broad SMARTS) is 1. The van der Waals surface area contributed by atoms with Crippen molar-refractivity contribution in [1.29, 1.82) is 0 Å². The van der Waals surface area contributed by atoms with Crippen LogP contribution in [0.1, 0.15) is 118 Å². The Morgan fingerprint density at radius 1 is 0.921 bits per heavy atom. The van der Waals surface area contributed by atoms with E-state index in [1.165, 1.54) is 11.2 Å². The van der Waals surface area contributed by atoms with Gasteiger partial charge in [0.05, 0.1) is 45.6 Å². The van der Waals surface area contributed by atoms with Crippen LogP contribution in [0.3, 0.4) is 0 Å². The maximum atomic E-state index is 14.0. The average Bonchev–Trinajstić information content (AvgIpc) is 4.05. The molecule has 4 N–H and O–H groups in total. The molecule has 63 heavy (non-hydrogen) atoms. The first-order valence-corrected chi connectivity index (χ1v) is 22.9. The minimum Gasteiger partial charge on any atom is -0.494 e. The highest BCUT2D eigenvalue weighted by Crippen LogP contribution is 2.39. The number of thiazole rings is 1. The molecule has 1 saturated heterocycles. The van der Waals surface area contributed by atoms with Crippen molar-refractivity contribution in [3.63, 3.8) is 0 Å². The van der Waals surface area contributed by atoms with E-state index in [1.807, 2.05) is 87.8 Å². The van der Waals surface area contributed by atoms with Gasteiger partial charge in [-0.05, 0) is 84.9 Å². The number of carbonyl (C=O) groups is 4. The van der Waals surface area contributed by atoms with Gasteiger partial charge in [-0.25, -0.2) is 19.7 Å². The third-order valence-electron chi connectivity index (χ3n) is 12.2. The molecule has 0 unspecified atom stereocenters. The molecule has 2 aromatic heterocycles. The Balaban J connectivity index is 0.859. The maximum Gasteiger partial charge on any atom is 0.335 e. The zero-order valence-electron chi connectivity index (χ0n) is 36.6. The number of hydrogen-bond acceptors (Lipinski definition) is 10. The number of amides is 3. The Hall–Kier alpha value is -5.73. The minimum atomic E-state index is -0.905. The molecule has 3 atom stereocenters. The molecule has 14 heteroatoms.